The molecule has 0 saturated heterocycles. The Kier molecular flexibility index (Phi) is 5.65. The molecular formula is C16H19BrN2OS. The van der Waals surface area contributed by atoms with Crippen molar-refractivity contribution >= 4 is 27.7 Å². The molecule has 0 bridgehead atoms. The van der Waals surface area contributed by atoms with Gasteiger partial charge < -0.3 is 4.98 Å². The lowest BCUT2D eigenvalue weighted by Gasteiger charge is -2.15. The summed E-state index contributed by atoms with van der Waals surface area (Å²) in [4.78, 5) is 19.7. The van der Waals surface area contributed by atoms with E-state index in [0.29, 0.717) is 5.82 Å². The highest BCUT2D eigenvalue weighted by Crippen LogP contribution is 2.25. The first kappa shape index (κ1) is 16.3. The quantitative estimate of drug-likeness (QED) is 0.816. The van der Waals surface area contributed by atoms with E-state index in [1.54, 1.807) is 11.8 Å². The molecule has 1 aliphatic heterocycles. The first-order chi connectivity index (χ1) is 10.1. The van der Waals surface area contributed by atoms with Gasteiger partial charge in [0.15, 0.2) is 0 Å². The van der Waals surface area contributed by atoms with Crippen LogP contribution in [0, 0.1) is 6.92 Å². The number of aryl methyl sites for hydroxylation is 2. The summed E-state index contributed by atoms with van der Waals surface area (Å²) in [7, 11) is 0. The van der Waals surface area contributed by atoms with E-state index in [2.05, 4.69) is 25.9 Å². The van der Waals surface area contributed by atoms with Crippen LogP contribution in [0.5, 0.6) is 0 Å². The van der Waals surface area contributed by atoms with Crippen LogP contribution >= 0.6 is 27.7 Å². The molecule has 0 unspecified atom stereocenters. The minimum Gasteiger partial charge on any atom is -0.306 e. The van der Waals surface area contributed by atoms with Crippen molar-refractivity contribution in [3.63, 3.8) is 0 Å². The van der Waals surface area contributed by atoms with Crippen LogP contribution in [-0.2, 0) is 12.2 Å². The van der Waals surface area contributed by atoms with Crippen molar-refractivity contribution in [3.05, 3.63) is 49.8 Å². The zero-order chi connectivity index (χ0) is 15.4. The minimum atomic E-state index is 0.00881. The fourth-order valence-electron chi connectivity index (χ4n) is 2.26. The van der Waals surface area contributed by atoms with E-state index < -0.39 is 0 Å². The van der Waals surface area contributed by atoms with E-state index in [1.807, 2.05) is 39.0 Å². The Balaban J connectivity index is 0.000000774. The van der Waals surface area contributed by atoms with E-state index in [-0.39, 0.29) is 5.56 Å². The molecule has 112 valence electrons. The fraction of sp³-hybridized carbons (Fsp3) is 0.375. The predicted molar refractivity (Wildman–Crippen MR) is 93.9 cm³/mol. The number of fused-ring (bicyclic) bond motifs is 1. The monoisotopic (exact) mass is 366 g/mol. The van der Waals surface area contributed by atoms with Crippen LogP contribution in [0.4, 0.5) is 0 Å². The molecule has 21 heavy (non-hydrogen) atoms. The third-order valence-corrected chi connectivity index (χ3v) is 4.75. The van der Waals surface area contributed by atoms with Gasteiger partial charge in [-0.15, -0.1) is 0 Å². The van der Waals surface area contributed by atoms with Gasteiger partial charge in [0, 0.05) is 21.4 Å². The fourth-order valence-corrected chi connectivity index (χ4v) is 3.72. The van der Waals surface area contributed by atoms with Crippen LogP contribution in [0.15, 0.2) is 27.5 Å². The van der Waals surface area contributed by atoms with Gasteiger partial charge >= 0.3 is 0 Å². The minimum absolute atomic E-state index is 0.00881. The Morgan fingerprint density at radius 3 is 2.81 bits per heavy atom. The van der Waals surface area contributed by atoms with Crippen molar-refractivity contribution in [2.24, 2.45) is 0 Å². The van der Waals surface area contributed by atoms with Crippen LogP contribution in [0.2, 0.25) is 0 Å². The molecule has 0 saturated carbocycles. The Bertz CT molecular complexity index is 697. The van der Waals surface area contributed by atoms with Gasteiger partial charge in [-0.1, -0.05) is 29.8 Å². The van der Waals surface area contributed by atoms with Crippen molar-refractivity contribution in [2.45, 2.75) is 32.9 Å². The number of thioether (sulfide) groups is 1. The van der Waals surface area contributed by atoms with E-state index >= 15 is 0 Å². The van der Waals surface area contributed by atoms with E-state index in [4.69, 9.17) is 0 Å². The summed E-state index contributed by atoms with van der Waals surface area (Å²) < 4.78 is 1.03. The maximum atomic E-state index is 12.1. The number of halogens is 1. The molecule has 0 atom stereocenters. The first-order valence-electron chi connectivity index (χ1n) is 7.11. The molecule has 1 N–H and O–H groups in total. The van der Waals surface area contributed by atoms with Gasteiger partial charge in [-0.05, 0) is 42.9 Å². The Hall–Kier alpha value is -1.07. The molecule has 0 radical (unpaired) electrons. The predicted octanol–water partition coefficient (Wildman–Crippen LogP) is 4.32. The Labute approximate surface area is 137 Å². The zero-order valence-corrected chi connectivity index (χ0v) is 14.9. The molecule has 1 aliphatic rings. The van der Waals surface area contributed by atoms with Gasteiger partial charge in [0.2, 0.25) is 0 Å². The number of rotatable bonds is 1. The number of hydrogen-bond donors (Lipinski definition) is 1. The molecule has 0 aliphatic carbocycles. The third kappa shape index (κ3) is 3.58. The number of benzene rings is 1. The summed E-state index contributed by atoms with van der Waals surface area (Å²) in [5, 5.41) is 0. The van der Waals surface area contributed by atoms with Crippen LogP contribution < -0.4 is 5.56 Å². The highest BCUT2D eigenvalue weighted by Gasteiger charge is 2.17. The van der Waals surface area contributed by atoms with Gasteiger partial charge in [0.1, 0.15) is 5.82 Å². The van der Waals surface area contributed by atoms with Crippen LogP contribution in [0.25, 0.3) is 11.4 Å². The highest BCUT2D eigenvalue weighted by molar-refractivity contribution is 9.10. The van der Waals surface area contributed by atoms with E-state index in [9.17, 15) is 4.79 Å². The average molecular weight is 367 g/mol. The summed E-state index contributed by atoms with van der Waals surface area (Å²) in [6.07, 6.45) is 0.881. The summed E-state index contributed by atoms with van der Waals surface area (Å²) in [6.45, 7) is 6.02. The van der Waals surface area contributed by atoms with Gasteiger partial charge in [-0.25, -0.2) is 4.98 Å². The van der Waals surface area contributed by atoms with Gasteiger partial charge in [-0.3, -0.25) is 4.79 Å². The van der Waals surface area contributed by atoms with Crippen molar-refractivity contribution < 1.29 is 0 Å². The first-order valence-corrected chi connectivity index (χ1v) is 9.06. The standard InChI is InChI=1S/C14H13BrN2OS.C2H6/c1-8-6-9(15)2-3-10(8)13-16-12-4-5-19-7-11(12)14(18)17-13;1-2/h2-3,6H,4-5,7H2,1H3,(H,16,17,18);1-2H3. The second-order valence-electron chi connectivity index (χ2n) is 4.60. The molecule has 2 heterocycles. The third-order valence-electron chi connectivity index (χ3n) is 3.27. The van der Waals surface area contributed by atoms with Gasteiger partial charge in [0.05, 0.1) is 5.69 Å². The Morgan fingerprint density at radius 2 is 2.10 bits per heavy atom. The highest BCUT2D eigenvalue weighted by atomic mass is 79.9. The molecule has 5 heteroatoms. The SMILES string of the molecule is CC.Cc1cc(Br)ccc1-c1nc2c(c(=O)[nH]1)CSCC2. The smallest absolute Gasteiger partial charge is 0.255 e. The lowest BCUT2D eigenvalue weighted by molar-refractivity contribution is 0.937. The Morgan fingerprint density at radius 1 is 1.33 bits per heavy atom. The van der Waals surface area contributed by atoms with Crippen molar-refractivity contribution in [1.29, 1.82) is 0 Å². The summed E-state index contributed by atoms with van der Waals surface area (Å²) in [5.41, 5.74) is 3.90. The topological polar surface area (TPSA) is 45.8 Å². The van der Waals surface area contributed by atoms with E-state index in [1.165, 1.54) is 0 Å². The second-order valence-corrected chi connectivity index (χ2v) is 6.62. The molecule has 0 spiro atoms. The average Bonchev–Trinajstić information content (AvgIpc) is 2.49. The number of aromatic amines is 1. The van der Waals surface area contributed by atoms with Gasteiger partial charge in [0.25, 0.3) is 5.56 Å². The normalized spacial score (nSPS) is 13.1. The van der Waals surface area contributed by atoms with Gasteiger partial charge in [-0.2, -0.15) is 11.8 Å². The largest absolute Gasteiger partial charge is 0.306 e. The number of nitrogens with one attached hydrogen (secondary N) is 1. The zero-order valence-electron chi connectivity index (χ0n) is 12.5. The van der Waals surface area contributed by atoms with Crippen molar-refractivity contribution in [1.82, 2.24) is 9.97 Å². The molecule has 0 fully saturated rings. The molecule has 3 rings (SSSR count). The van der Waals surface area contributed by atoms with E-state index in [0.717, 1.165) is 44.8 Å². The maximum Gasteiger partial charge on any atom is 0.255 e. The second kappa shape index (κ2) is 7.27. The number of hydrogen-bond acceptors (Lipinski definition) is 3. The summed E-state index contributed by atoms with van der Waals surface area (Å²) in [5.74, 6) is 2.50. The van der Waals surface area contributed by atoms with Crippen LogP contribution in [0.3, 0.4) is 0 Å². The van der Waals surface area contributed by atoms with Crippen LogP contribution in [0.1, 0.15) is 30.7 Å². The molecular weight excluding hydrogens is 348 g/mol. The number of nitrogens with zero attached hydrogens (tertiary/aromatic N) is 1. The molecule has 1 aromatic carbocycles. The number of H-pyrrole nitrogens is 1. The molecule has 2 aromatic rings. The lowest BCUT2D eigenvalue weighted by Crippen LogP contribution is -2.21. The molecule has 1 aromatic heterocycles. The molecule has 3 nitrogen and oxygen atoms in total. The lowest BCUT2D eigenvalue weighted by atomic mass is 10.1. The number of aromatic nitrogens is 2. The van der Waals surface area contributed by atoms with Crippen molar-refractivity contribution in [2.75, 3.05) is 5.75 Å². The molecule has 0 amide bonds. The summed E-state index contributed by atoms with van der Waals surface area (Å²) >= 11 is 5.24. The van der Waals surface area contributed by atoms with Crippen LogP contribution in [-0.4, -0.2) is 15.7 Å². The summed E-state index contributed by atoms with van der Waals surface area (Å²) in [6, 6.07) is 5.99. The van der Waals surface area contributed by atoms with Crippen molar-refractivity contribution in [3.8, 4) is 11.4 Å². The maximum absolute atomic E-state index is 12.1.